The van der Waals surface area contributed by atoms with Crippen molar-refractivity contribution >= 4 is 23.4 Å². The van der Waals surface area contributed by atoms with Crippen molar-refractivity contribution < 1.29 is 19.1 Å². The summed E-state index contributed by atoms with van der Waals surface area (Å²) in [6.07, 6.45) is -0.534. The van der Waals surface area contributed by atoms with E-state index in [1.807, 2.05) is 0 Å². The predicted molar refractivity (Wildman–Crippen MR) is 86.7 cm³/mol. The van der Waals surface area contributed by atoms with Crippen molar-refractivity contribution in [3.8, 4) is 11.5 Å². The van der Waals surface area contributed by atoms with Crippen LogP contribution in [0.1, 0.15) is 0 Å². The molecule has 120 valence electrons. The number of nitrogens with one attached hydrogen (secondary N) is 2. The monoisotopic (exact) mass is 315 g/mol. The van der Waals surface area contributed by atoms with Crippen LogP contribution < -0.4 is 21.1 Å². The van der Waals surface area contributed by atoms with Crippen LogP contribution >= 0.6 is 0 Å². The fraction of sp³-hybridized carbons (Fsp3) is 0.125. The largest absolute Gasteiger partial charge is 0.457 e. The lowest BCUT2D eigenvalue weighted by atomic mass is 10.3. The number of carbonyl (C=O) groups is 2. The maximum atomic E-state index is 11.2. The van der Waals surface area contributed by atoms with E-state index >= 15 is 0 Å². The molecule has 0 fully saturated rings. The molecule has 0 heterocycles. The van der Waals surface area contributed by atoms with Gasteiger partial charge in [-0.2, -0.15) is 0 Å². The molecule has 23 heavy (non-hydrogen) atoms. The van der Waals surface area contributed by atoms with Crippen LogP contribution in [0, 0.1) is 0 Å². The van der Waals surface area contributed by atoms with Crippen LogP contribution in [0.2, 0.25) is 0 Å². The van der Waals surface area contributed by atoms with Crippen molar-refractivity contribution in [1.29, 1.82) is 0 Å². The standard InChI is InChI=1S/C16H17N3O4/c1-22-16(21)19-12-4-8-14(9-5-12)23-13-6-2-11(3-7-13)18-15(20)10-17/h2-9H,10,17H2,1H3,(H,18,20)(H,19,21). The number of benzene rings is 2. The first-order valence-electron chi connectivity index (χ1n) is 6.83. The molecule has 0 aliphatic heterocycles. The minimum Gasteiger partial charge on any atom is -0.457 e. The summed E-state index contributed by atoms with van der Waals surface area (Å²) in [7, 11) is 1.30. The zero-order valence-corrected chi connectivity index (χ0v) is 12.5. The van der Waals surface area contributed by atoms with Crippen molar-refractivity contribution in [1.82, 2.24) is 0 Å². The van der Waals surface area contributed by atoms with Gasteiger partial charge in [-0.1, -0.05) is 0 Å². The van der Waals surface area contributed by atoms with Crippen LogP contribution in [-0.2, 0) is 9.53 Å². The van der Waals surface area contributed by atoms with Crippen molar-refractivity contribution in [2.45, 2.75) is 0 Å². The van der Waals surface area contributed by atoms with Gasteiger partial charge in [0, 0.05) is 11.4 Å². The maximum Gasteiger partial charge on any atom is 0.411 e. The van der Waals surface area contributed by atoms with Crippen LogP contribution in [0.15, 0.2) is 48.5 Å². The highest BCUT2D eigenvalue weighted by Crippen LogP contribution is 2.24. The Hall–Kier alpha value is -3.06. The van der Waals surface area contributed by atoms with E-state index in [9.17, 15) is 9.59 Å². The van der Waals surface area contributed by atoms with Crippen molar-refractivity contribution in [2.75, 3.05) is 24.3 Å². The molecule has 0 spiro atoms. The van der Waals surface area contributed by atoms with E-state index in [0.717, 1.165) is 0 Å². The van der Waals surface area contributed by atoms with Gasteiger partial charge in [-0.05, 0) is 48.5 Å². The molecule has 0 aliphatic rings. The predicted octanol–water partition coefficient (Wildman–Crippen LogP) is 2.55. The number of methoxy groups -OCH3 is 1. The van der Waals surface area contributed by atoms with Gasteiger partial charge in [0.1, 0.15) is 11.5 Å². The average molecular weight is 315 g/mol. The normalized spacial score (nSPS) is 9.83. The van der Waals surface area contributed by atoms with Crippen LogP contribution in [0.5, 0.6) is 11.5 Å². The second kappa shape index (κ2) is 7.81. The Bertz CT molecular complexity index is 609. The number of amides is 2. The molecule has 2 aromatic rings. The third-order valence-corrected chi connectivity index (χ3v) is 2.85. The molecule has 2 aromatic carbocycles. The molecule has 0 aromatic heterocycles. The van der Waals surface area contributed by atoms with Gasteiger partial charge in [-0.15, -0.1) is 0 Å². The Morgan fingerprint density at radius 1 is 0.913 bits per heavy atom. The van der Waals surface area contributed by atoms with Gasteiger partial charge >= 0.3 is 6.09 Å². The summed E-state index contributed by atoms with van der Waals surface area (Å²) in [5.74, 6) is 0.968. The molecule has 0 radical (unpaired) electrons. The summed E-state index contributed by atoms with van der Waals surface area (Å²) >= 11 is 0. The van der Waals surface area contributed by atoms with Crippen molar-refractivity contribution in [3.63, 3.8) is 0 Å². The number of rotatable bonds is 5. The number of hydrogen-bond donors (Lipinski definition) is 3. The number of carbonyl (C=O) groups excluding carboxylic acids is 2. The summed E-state index contributed by atoms with van der Waals surface area (Å²) in [6, 6.07) is 13.7. The number of ether oxygens (including phenoxy) is 2. The minimum atomic E-state index is -0.534. The van der Waals surface area contributed by atoms with Gasteiger partial charge in [0.2, 0.25) is 5.91 Å². The van der Waals surface area contributed by atoms with E-state index in [0.29, 0.717) is 22.9 Å². The molecular formula is C16H17N3O4. The number of hydrogen-bond acceptors (Lipinski definition) is 5. The fourth-order valence-electron chi connectivity index (χ4n) is 1.73. The highest BCUT2D eigenvalue weighted by molar-refractivity contribution is 5.92. The maximum absolute atomic E-state index is 11.2. The Morgan fingerprint density at radius 2 is 1.39 bits per heavy atom. The summed E-state index contributed by atoms with van der Waals surface area (Å²) < 4.78 is 10.2. The van der Waals surface area contributed by atoms with Gasteiger partial charge in [0.25, 0.3) is 0 Å². The van der Waals surface area contributed by atoms with E-state index in [1.165, 1.54) is 7.11 Å². The topological polar surface area (TPSA) is 103 Å². The van der Waals surface area contributed by atoms with Crippen molar-refractivity contribution in [2.24, 2.45) is 5.73 Å². The Kier molecular flexibility index (Phi) is 5.54. The van der Waals surface area contributed by atoms with Crippen LogP contribution in [-0.4, -0.2) is 25.7 Å². The Balaban J connectivity index is 1.96. The van der Waals surface area contributed by atoms with Crippen molar-refractivity contribution in [3.05, 3.63) is 48.5 Å². The number of anilines is 2. The Labute approximate surface area is 133 Å². The molecule has 0 saturated heterocycles. The first kappa shape index (κ1) is 16.3. The molecule has 7 heteroatoms. The summed E-state index contributed by atoms with van der Waals surface area (Å²) in [6.45, 7) is -0.0653. The molecule has 7 nitrogen and oxygen atoms in total. The van der Waals surface area contributed by atoms with Gasteiger partial charge in [0.05, 0.1) is 13.7 Å². The smallest absolute Gasteiger partial charge is 0.411 e. The minimum absolute atomic E-state index is 0.0653. The number of nitrogens with two attached hydrogens (primary N) is 1. The fourth-order valence-corrected chi connectivity index (χ4v) is 1.73. The molecule has 0 bridgehead atoms. The zero-order valence-electron chi connectivity index (χ0n) is 12.5. The first-order chi connectivity index (χ1) is 11.1. The quantitative estimate of drug-likeness (QED) is 0.787. The van der Waals surface area contributed by atoms with E-state index < -0.39 is 6.09 Å². The lowest BCUT2D eigenvalue weighted by Gasteiger charge is -2.09. The van der Waals surface area contributed by atoms with Crippen LogP contribution in [0.3, 0.4) is 0 Å². The second-order valence-electron chi connectivity index (χ2n) is 4.52. The lowest BCUT2D eigenvalue weighted by Crippen LogP contribution is -2.21. The van der Waals surface area contributed by atoms with E-state index in [2.05, 4.69) is 15.4 Å². The second-order valence-corrected chi connectivity index (χ2v) is 4.52. The summed E-state index contributed by atoms with van der Waals surface area (Å²) in [4.78, 5) is 22.3. The Morgan fingerprint density at radius 3 is 1.83 bits per heavy atom. The molecule has 2 rings (SSSR count). The van der Waals surface area contributed by atoms with Gasteiger partial charge < -0.3 is 20.5 Å². The highest BCUT2D eigenvalue weighted by atomic mass is 16.5. The molecule has 0 saturated carbocycles. The zero-order chi connectivity index (χ0) is 16.7. The first-order valence-corrected chi connectivity index (χ1v) is 6.83. The third kappa shape index (κ3) is 5.01. The SMILES string of the molecule is COC(=O)Nc1ccc(Oc2ccc(NC(=O)CN)cc2)cc1. The molecule has 0 aliphatic carbocycles. The van der Waals surface area contributed by atoms with Gasteiger partial charge in [-0.3, -0.25) is 10.1 Å². The summed E-state index contributed by atoms with van der Waals surface area (Å²) in [5.41, 5.74) is 6.48. The molecule has 4 N–H and O–H groups in total. The summed E-state index contributed by atoms with van der Waals surface area (Å²) in [5, 5.41) is 5.19. The van der Waals surface area contributed by atoms with Gasteiger partial charge in [-0.25, -0.2) is 4.79 Å². The third-order valence-electron chi connectivity index (χ3n) is 2.85. The lowest BCUT2D eigenvalue weighted by molar-refractivity contribution is -0.114. The highest BCUT2D eigenvalue weighted by Gasteiger charge is 2.03. The van der Waals surface area contributed by atoms with Gasteiger partial charge in [0.15, 0.2) is 0 Å². The molecule has 0 atom stereocenters. The van der Waals surface area contributed by atoms with Crippen LogP contribution in [0.25, 0.3) is 0 Å². The average Bonchev–Trinajstić information content (AvgIpc) is 2.58. The van der Waals surface area contributed by atoms with E-state index in [-0.39, 0.29) is 12.5 Å². The van der Waals surface area contributed by atoms with Crippen LogP contribution in [0.4, 0.5) is 16.2 Å². The van der Waals surface area contributed by atoms with E-state index in [1.54, 1.807) is 48.5 Å². The molecule has 0 unspecified atom stereocenters. The van der Waals surface area contributed by atoms with E-state index in [4.69, 9.17) is 10.5 Å². The molecule has 2 amide bonds. The molecular weight excluding hydrogens is 298 g/mol.